The zero-order valence-corrected chi connectivity index (χ0v) is 15.1. The van der Waals surface area contributed by atoms with Crippen molar-refractivity contribution in [1.82, 2.24) is 4.90 Å². The number of aryl methyl sites for hydroxylation is 1. The Hall–Kier alpha value is -1.84. The van der Waals surface area contributed by atoms with Gasteiger partial charge in [-0.1, -0.05) is 38.8 Å². The van der Waals surface area contributed by atoms with Gasteiger partial charge in [0.25, 0.3) is 0 Å². The van der Waals surface area contributed by atoms with Crippen LogP contribution in [0.2, 0.25) is 0 Å². The zero-order chi connectivity index (χ0) is 17.4. The van der Waals surface area contributed by atoms with Gasteiger partial charge in [-0.15, -0.1) is 0 Å². The van der Waals surface area contributed by atoms with E-state index in [1.165, 1.54) is 0 Å². The molecule has 1 unspecified atom stereocenters. The van der Waals surface area contributed by atoms with Gasteiger partial charge in [-0.25, -0.2) is 0 Å². The van der Waals surface area contributed by atoms with Gasteiger partial charge in [-0.3, -0.25) is 9.59 Å². The molecule has 0 radical (unpaired) electrons. The number of nitrogens with one attached hydrogen (secondary N) is 1. The third kappa shape index (κ3) is 5.70. The van der Waals surface area contributed by atoms with Gasteiger partial charge < -0.3 is 10.2 Å². The maximum Gasteiger partial charge on any atom is 0.243 e. The van der Waals surface area contributed by atoms with E-state index in [9.17, 15) is 9.59 Å². The Morgan fingerprint density at radius 3 is 2.52 bits per heavy atom. The molecule has 0 aliphatic carbocycles. The highest BCUT2D eigenvalue weighted by molar-refractivity contribution is 5.95. The van der Waals surface area contributed by atoms with E-state index in [0.717, 1.165) is 42.5 Å². The van der Waals surface area contributed by atoms with Gasteiger partial charge in [-0.05, 0) is 43.9 Å². The second-order valence-electron chi connectivity index (χ2n) is 6.24. The fourth-order valence-electron chi connectivity index (χ4n) is 2.63. The molecule has 4 heteroatoms. The Bertz CT molecular complexity index is 540. The number of hydrogen-bond acceptors (Lipinski definition) is 2. The summed E-state index contributed by atoms with van der Waals surface area (Å²) in [6.07, 6.45) is 3.85. The molecule has 4 nitrogen and oxygen atoms in total. The molecule has 1 rings (SSSR count). The lowest BCUT2D eigenvalue weighted by Gasteiger charge is -2.23. The van der Waals surface area contributed by atoms with Crippen LogP contribution in [0, 0.1) is 19.8 Å². The monoisotopic (exact) mass is 318 g/mol. The number of nitrogens with zero attached hydrogens (tertiary/aromatic N) is 1. The predicted octanol–water partition coefficient (Wildman–Crippen LogP) is 3.92. The summed E-state index contributed by atoms with van der Waals surface area (Å²) < 4.78 is 0. The summed E-state index contributed by atoms with van der Waals surface area (Å²) in [5.74, 6) is -0.0644. The minimum absolute atomic E-state index is 0.0217. The van der Waals surface area contributed by atoms with Gasteiger partial charge in [-0.2, -0.15) is 0 Å². The number of carbonyl (C=O) groups excluding carboxylic acids is 2. The van der Waals surface area contributed by atoms with Crippen molar-refractivity contribution in [1.29, 1.82) is 0 Å². The lowest BCUT2D eigenvalue weighted by molar-refractivity contribution is -0.137. The molecule has 128 valence electrons. The van der Waals surface area contributed by atoms with Crippen LogP contribution in [0.1, 0.15) is 50.7 Å². The molecule has 0 aromatic heterocycles. The molecule has 1 aromatic carbocycles. The molecule has 1 aromatic rings. The SMILES string of the molecule is CCCCC(CC)C(=O)N(C)CC(=O)Nc1cccc(C)c1C. The molecular formula is C19H30N2O2. The van der Waals surface area contributed by atoms with E-state index in [1.54, 1.807) is 11.9 Å². The summed E-state index contributed by atoms with van der Waals surface area (Å²) >= 11 is 0. The van der Waals surface area contributed by atoms with Gasteiger partial charge in [0.05, 0.1) is 6.54 Å². The summed E-state index contributed by atoms with van der Waals surface area (Å²) in [7, 11) is 1.71. The van der Waals surface area contributed by atoms with Crippen molar-refractivity contribution in [3.8, 4) is 0 Å². The molecule has 0 aliphatic rings. The van der Waals surface area contributed by atoms with Crippen LogP contribution in [-0.4, -0.2) is 30.3 Å². The first-order valence-corrected chi connectivity index (χ1v) is 8.51. The lowest BCUT2D eigenvalue weighted by Crippen LogP contribution is -2.38. The number of unbranched alkanes of at least 4 members (excludes halogenated alkanes) is 1. The largest absolute Gasteiger partial charge is 0.336 e. The second-order valence-corrected chi connectivity index (χ2v) is 6.24. The second kappa shape index (κ2) is 9.33. The summed E-state index contributed by atoms with van der Waals surface area (Å²) in [4.78, 5) is 26.2. The summed E-state index contributed by atoms with van der Waals surface area (Å²) in [6, 6.07) is 5.82. The lowest BCUT2D eigenvalue weighted by atomic mass is 9.98. The summed E-state index contributed by atoms with van der Waals surface area (Å²) in [5, 5.41) is 2.90. The maximum absolute atomic E-state index is 12.4. The highest BCUT2D eigenvalue weighted by Crippen LogP contribution is 2.18. The van der Waals surface area contributed by atoms with E-state index in [-0.39, 0.29) is 24.3 Å². The van der Waals surface area contributed by atoms with Crippen LogP contribution in [0.4, 0.5) is 5.69 Å². The average Bonchev–Trinajstić information content (AvgIpc) is 2.52. The smallest absolute Gasteiger partial charge is 0.243 e. The van der Waals surface area contributed by atoms with Crippen molar-refractivity contribution < 1.29 is 9.59 Å². The number of likely N-dealkylation sites (N-methyl/N-ethyl adjacent to an activating group) is 1. The number of hydrogen-bond donors (Lipinski definition) is 1. The minimum atomic E-state index is -0.153. The predicted molar refractivity (Wildman–Crippen MR) is 95.5 cm³/mol. The molecule has 0 fully saturated rings. The molecule has 1 atom stereocenters. The van der Waals surface area contributed by atoms with E-state index in [4.69, 9.17) is 0 Å². The van der Waals surface area contributed by atoms with Gasteiger partial charge in [0.1, 0.15) is 0 Å². The Kier molecular flexibility index (Phi) is 7.79. The van der Waals surface area contributed by atoms with Crippen LogP contribution >= 0.6 is 0 Å². The fourth-order valence-corrected chi connectivity index (χ4v) is 2.63. The van der Waals surface area contributed by atoms with E-state index in [0.29, 0.717) is 0 Å². The fraction of sp³-hybridized carbons (Fsp3) is 0.579. The highest BCUT2D eigenvalue weighted by atomic mass is 16.2. The molecule has 0 saturated carbocycles. The average molecular weight is 318 g/mol. The van der Waals surface area contributed by atoms with Crippen LogP contribution in [0.15, 0.2) is 18.2 Å². The Balaban J connectivity index is 2.62. The topological polar surface area (TPSA) is 49.4 Å². The van der Waals surface area contributed by atoms with Gasteiger partial charge >= 0.3 is 0 Å². The third-order valence-corrected chi connectivity index (χ3v) is 4.38. The molecule has 23 heavy (non-hydrogen) atoms. The third-order valence-electron chi connectivity index (χ3n) is 4.38. The molecule has 1 N–H and O–H groups in total. The van der Waals surface area contributed by atoms with Crippen molar-refractivity contribution in [3.05, 3.63) is 29.3 Å². The van der Waals surface area contributed by atoms with Crippen molar-refractivity contribution in [3.63, 3.8) is 0 Å². The molecular weight excluding hydrogens is 288 g/mol. The molecule has 0 bridgehead atoms. The van der Waals surface area contributed by atoms with E-state index >= 15 is 0 Å². The van der Waals surface area contributed by atoms with Crippen molar-refractivity contribution in [2.24, 2.45) is 5.92 Å². The Morgan fingerprint density at radius 2 is 1.91 bits per heavy atom. The summed E-state index contributed by atoms with van der Waals surface area (Å²) in [5.41, 5.74) is 3.01. The number of benzene rings is 1. The van der Waals surface area contributed by atoms with Crippen LogP contribution in [0.25, 0.3) is 0 Å². The number of amides is 2. The van der Waals surface area contributed by atoms with Crippen LogP contribution in [0.5, 0.6) is 0 Å². The number of rotatable bonds is 8. The van der Waals surface area contributed by atoms with E-state index in [1.807, 2.05) is 39.0 Å². The van der Waals surface area contributed by atoms with Crippen LogP contribution in [0.3, 0.4) is 0 Å². The quantitative estimate of drug-likeness (QED) is 0.790. The first-order chi connectivity index (χ1) is 10.9. The first-order valence-electron chi connectivity index (χ1n) is 8.51. The maximum atomic E-state index is 12.4. The Labute approximate surface area is 140 Å². The standard InChI is InChI=1S/C19H30N2O2/c1-6-8-11-16(7-2)19(23)21(5)13-18(22)20-17-12-9-10-14(3)15(17)4/h9-10,12,16H,6-8,11,13H2,1-5H3,(H,20,22). The first kappa shape index (κ1) is 19.2. The number of anilines is 1. The summed E-state index contributed by atoms with van der Waals surface area (Å²) in [6.45, 7) is 8.24. The highest BCUT2D eigenvalue weighted by Gasteiger charge is 2.21. The van der Waals surface area contributed by atoms with Crippen LogP contribution in [-0.2, 0) is 9.59 Å². The molecule has 0 spiro atoms. The molecule has 0 aliphatic heterocycles. The molecule has 0 saturated heterocycles. The van der Waals surface area contributed by atoms with Crippen molar-refractivity contribution in [2.45, 2.75) is 53.4 Å². The van der Waals surface area contributed by atoms with E-state index < -0.39 is 0 Å². The van der Waals surface area contributed by atoms with Crippen LogP contribution < -0.4 is 5.32 Å². The van der Waals surface area contributed by atoms with Gasteiger partial charge in [0.2, 0.25) is 11.8 Å². The minimum Gasteiger partial charge on any atom is -0.336 e. The Morgan fingerprint density at radius 1 is 1.22 bits per heavy atom. The number of carbonyl (C=O) groups is 2. The van der Waals surface area contributed by atoms with Gasteiger partial charge in [0, 0.05) is 18.7 Å². The van der Waals surface area contributed by atoms with Crippen molar-refractivity contribution >= 4 is 17.5 Å². The van der Waals surface area contributed by atoms with Gasteiger partial charge in [0.15, 0.2) is 0 Å². The molecule has 2 amide bonds. The normalized spacial score (nSPS) is 11.9. The molecule has 0 heterocycles. The van der Waals surface area contributed by atoms with Crippen molar-refractivity contribution in [2.75, 3.05) is 18.9 Å². The van der Waals surface area contributed by atoms with E-state index in [2.05, 4.69) is 12.2 Å². The zero-order valence-electron chi connectivity index (χ0n) is 15.1.